The molecule has 9 nitrogen and oxygen atoms in total. The zero-order chi connectivity index (χ0) is 22.2. The molecule has 2 heterocycles. The number of sulfonamides is 1. The summed E-state index contributed by atoms with van der Waals surface area (Å²) in [6.07, 6.45) is 10.7. The molecule has 0 bridgehead atoms. The van der Waals surface area contributed by atoms with Crippen LogP contribution < -0.4 is 15.8 Å². The fraction of sp³-hybridized carbons (Fsp3) is 0.762. The van der Waals surface area contributed by atoms with Crippen LogP contribution >= 0.6 is 0 Å². The summed E-state index contributed by atoms with van der Waals surface area (Å²) < 4.78 is 26.8. The van der Waals surface area contributed by atoms with Gasteiger partial charge in [-0.2, -0.15) is 0 Å². The highest BCUT2D eigenvalue weighted by molar-refractivity contribution is 7.91. The predicted molar refractivity (Wildman–Crippen MR) is 114 cm³/mol. The molecule has 0 aromatic heterocycles. The van der Waals surface area contributed by atoms with Gasteiger partial charge in [-0.3, -0.25) is 19.1 Å². The molecular weight excluding hydrogens is 420 g/mol. The number of rotatable bonds is 3. The van der Waals surface area contributed by atoms with Crippen LogP contribution in [0.5, 0.6) is 0 Å². The van der Waals surface area contributed by atoms with Crippen molar-refractivity contribution in [3.05, 3.63) is 12.2 Å². The summed E-state index contributed by atoms with van der Waals surface area (Å²) in [6, 6.07) is -1.32. The van der Waals surface area contributed by atoms with Crippen LogP contribution in [0, 0.1) is 5.92 Å². The number of allylic oxidation sites excluding steroid dienone is 1. The Hall–Kier alpha value is -1.94. The third kappa shape index (κ3) is 4.64. The van der Waals surface area contributed by atoms with Gasteiger partial charge in [0.1, 0.15) is 11.6 Å². The molecule has 3 amide bonds. The van der Waals surface area contributed by atoms with E-state index in [-0.39, 0.29) is 11.8 Å². The second-order valence-electron chi connectivity index (χ2n) is 9.31. The molecule has 0 aromatic carbocycles. The molecule has 4 rings (SSSR count). The van der Waals surface area contributed by atoms with Crippen LogP contribution in [-0.4, -0.2) is 60.5 Å². The molecular formula is C21H32N4O5S. The lowest BCUT2D eigenvalue weighted by Crippen LogP contribution is -2.57. The highest BCUT2D eigenvalue weighted by Crippen LogP contribution is 2.46. The summed E-state index contributed by atoms with van der Waals surface area (Å²) in [5.74, 6) is -1.58. The van der Waals surface area contributed by atoms with Gasteiger partial charge in [0.2, 0.25) is 21.8 Å². The van der Waals surface area contributed by atoms with Gasteiger partial charge >= 0.3 is 0 Å². The second-order valence-corrected chi connectivity index (χ2v) is 11.3. The topological polar surface area (TPSA) is 139 Å². The molecule has 31 heavy (non-hydrogen) atoms. The zero-order valence-corrected chi connectivity index (χ0v) is 18.5. The first kappa shape index (κ1) is 22.3. The monoisotopic (exact) mass is 452 g/mol. The van der Waals surface area contributed by atoms with E-state index < -0.39 is 44.7 Å². The largest absolute Gasteiger partial charge is 0.339 e. The molecule has 4 N–H and O–H groups in total. The molecule has 172 valence electrons. The van der Waals surface area contributed by atoms with E-state index in [1.807, 2.05) is 12.2 Å². The number of amides is 3. The van der Waals surface area contributed by atoms with E-state index in [0.717, 1.165) is 25.7 Å². The number of nitrogens with one attached hydrogen (secondary N) is 2. The van der Waals surface area contributed by atoms with Crippen LogP contribution in [-0.2, 0) is 24.4 Å². The Labute approximate surface area is 183 Å². The van der Waals surface area contributed by atoms with Gasteiger partial charge < -0.3 is 16.0 Å². The van der Waals surface area contributed by atoms with Gasteiger partial charge in [0.25, 0.3) is 5.91 Å². The first-order valence-corrected chi connectivity index (χ1v) is 12.9. The molecule has 4 aliphatic rings. The maximum Gasteiger partial charge on any atom is 0.259 e. The molecule has 4 unspecified atom stereocenters. The van der Waals surface area contributed by atoms with Gasteiger partial charge in [0, 0.05) is 12.5 Å². The number of nitrogens with zero attached hydrogens (tertiary/aromatic N) is 1. The summed E-state index contributed by atoms with van der Waals surface area (Å²) >= 11 is 0. The Bertz CT molecular complexity index is 884. The standard InChI is InChI=1S/C21H32N4O5S/c22-16-8-5-3-1-2-4-7-14-13-21(14,20(28)24-31(29,30)15-10-11-15)23-18(26)17-9-6-12-25(17)19(16)27/h4,7,14-17H,1-3,5-6,8-13,22H2,(H,23,26)(H,24,28)/b7-4-. The predicted octanol–water partition coefficient (Wildman–Crippen LogP) is 0.308. The summed E-state index contributed by atoms with van der Waals surface area (Å²) in [6.45, 7) is 0.462. The molecule has 2 saturated carbocycles. The molecule has 2 aliphatic carbocycles. The van der Waals surface area contributed by atoms with E-state index in [1.54, 1.807) is 0 Å². The van der Waals surface area contributed by atoms with E-state index >= 15 is 0 Å². The third-order valence-electron chi connectivity index (χ3n) is 6.87. The highest BCUT2D eigenvalue weighted by atomic mass is 32.2. The number of fused-ring (bicyclic) bond motifs is 2. The first-order valence-electron chi connectivity index (χ1n) is 11.4. The number of carbonyl (C=O) groups is 3. The van der Waals surface area contributed by atoms with Crippen LogP contribution in [0.4, 0.5) is 0 Å². The van der Waals surface area contributed by atoms with E-state index in [1.165, 1.54) is 4.90 Å². The molecule has 10 heteroatoms. The zero-order valence-electron chi connectivity index (χ0n) is 17.7. The summed E-state index contributed by atoms with van der Waals surface area (Å²) in [4.78, 5) is 40.5. The SMILES string of the molecule is NC1CCCCC/C=C\C2CC2(C(=O)NS(=O)(=O)C2CC2)NC(=O)C2CCCN2C1=O. The van der Waals surface area contributed by atoms with Crippen molar-refractivity contribution in [2.45, 2.75) is 87.1 Å². The lowest BCUT2D eigenvalue weighted by atomic mass is 10.1. The van der Waals surface area contributed by atoms with Crippen LogP contribution in [0.3, 0.4) is 0 Å². The Morgan fingerprint density at radius 1 is 1.13 bits per heavy atom. The van der Waals surface area contributed by atoms with Crippen molar-refractivity contribution in [1.82, 2.24) is 14.9 Å². The number of nitrogens with two attached hydrogens (primary N) is 1. The lowest BCUT2D eigenvalue weighted by Gasteiger charge is -2.28. The second kappa shape index (κ2) is 8.54. The number of hydrogen-bond donors (Lipinski definition) is 3. The van der Waals surface area contributed by atoms with Gasteiger partial charge in [0.15, 0.2) is 0 Å². The van der Waals surface area contributed by atoms with E-state index in [0.29, 0.717) is 45.1 Å². The fourth-order valence-electron chi connectivity index (χ4n) is 4.67. The van der Waals surface area contributed by atoms with Crippen molar-refractivity contribution in [2.75, 3.05) is 6.54 Å². The van der Waals surface area contributed by atoms with Crippen LogP contribution in [0.1, 0.15) is 64.2 Å². The van der Waals surface area contributed by atoms with Gasteiger partial charge in [-0.1, -0.05) is 25.0 Å². The molecule has 0 aromatic rings. The number of hydrogen-bond acceptors (Lipinski definition) is 6. The highest BCUT2D eigenvalue weighted by Gasteiger charge is 2.61. The maximum atomic E-state index is 13.1. The summed E-state index contributed by atoms with van der Waals surface area (Å²) in [5.41, 5.74) is 4.82. The fourth-order valence-corrected chi connectivity index (χ4v) is 6.03. The minimum atomic E-state index is -3.72. The van der Waals surface area contributed by atoms with Crippen molar-refractivity contribution in [3.8, 4) is 0 Å². The Balaban J connectivity index is 1.56. The van der Waals surface area contributed by atoms with Crippen molar-refractivity contribution in [2.24, 2.45) is 11.7 Å². The smallest absolute Gasteiger partial charge is 0.259 e. The van der Waals surface area contributed by atoms with Crippen molar-refractivity contribution < 1.29 is 22.8 Å². The average molecular weight is 453 g/mol. The van der Waals surface area contributed by atoms with Crippen molar-refractivity contribution >= 4 is 27.7 Å². The Morgan fingerprint density at radius 3 is 2.65 bits per heavy atom. The van der Waals surface area contributed by atoms with Gasteiger partial charge in [-0.15, -0.1) is 0 Å². The quantitative estimate of drug-likeness (QED) is 0.527. The van der Waals surface area contributed by atoms with Crippen molar-refractivity contribution in [3.63, 3.8) is 0 Å². The average Bonchev–Trinajstić information content (AvgIpc) is 3.63. The molecule has 1 saturated heterocycles. The normalized spacial score (nSPS) is 35.8. The maximum absolute atomic E-state index is 13.1. The van der Waals surface area contributed by atoms with E-state index in [9.17, 15) is 22.8 Å². The van der Waals surface area contributed by atoms with Crippen molar-refractivity contribution in [1.29, 1.82) is 0 Å². The summed E-state index contributed by atoms with van der Waals surface area (Å²) in [5, 5.41) is 2.30. The Morgan fingerprint density at radius 2 is 1.90 bits per heavy atom. The first-order chi connectivity index (χ1) is 14.7. The number of carbonyl (C=O) groups excluding carboxylic acids is 3. The molecule has 4 atom stereocenters. The molecule has 2 aliphatic heterocycles. The van der Waals surface area contributed by atoms with Crippen LogP contribution in [0.15, 0.2) is 12.2 Å². The molecule has 0 radical (unpaired) electrons. The lowest BCUT2D eigenvalue weighted by molar-refractivity contribution is -0.140. The van der Waals surface area contributed by atoms with E-state index in [2.05, 4.69) is 10.0 Å². The minimum Gasteiger partial charge on any atom is -0.339 e. The third-order valence-corrected chi connectivity index (χ3v) is 8.69. The van der Waals surface area contributed by atoms with Crippen LogP contribution in [0.2, 0.25) is 0 Å². The van der Waals surface area contributed by atoms with Gasteiger partial charge in [-0.25, -0.2) is 8.42 Å². The molecule has 3 fully saturated rings. The Kier molecular flexibility index (Phi) is 6.13. The van der Waals surface area contributed by atoms with E-state index in [4.69, 9.17) is 5.73 Å². The minimum absolute atomic E-state index is 0.229. The summed E-state index contributed by atoms with van der Waals surface area (Å²) in [7, 11) is -3.72. The van der Waals surface area contributed by atoms with Crippen LogP contribution in [0.25, 0.3) is 0 Å². The van der Waals surface area contributed by atoms with Gasteiger partial charge in [-0.05, 0) is 51.4 Å². The molecule has 0 spiro atoms. The van der Waals surface area contributed by atoms with Gasteiger partial charge in [0.05, 0.1) is 11.3 Å².